The minimum absolute atomic E-state index is 0.00941. The summed E-state index contributed by atoms with van der Waals surface area (Å²) in [6, 6.07) is 3.95. The maximum atomic E-state index is 12.3. The summed E-state index contributed by atoms with van der Waals surface area (Å²) in [7, 11) is 0. The van der Waals surface area contributed by atoms with Crippen LogP contribution in [0.4, 0.5) is 0 Å². The van der Waals surface area contributed by atoms with Crippen LogP contribution in [0.3, 0.4) is 0 Å². The number of hydrogen-bond donors (Lipinski definition) is 1. The third-order valence-corrected chi connectivity index (χ3v) is 4.39. The lowest BCUT2D eigenvalue weighted by atomic mass is 10.1. The Hall–Kier alpha value is -0.590. The van der Waals surface area contributed by atoms with Gasteiger partial charge in [-0.2, -0.15) is 0 Å². The summed E-state index contributed by atoms with van der Waals surface area (Å²) in [6.07, 6.45) is 0.267. The molecule has 6 heteroatoms. The third-order valence-electron chi connectivity index (χ3n) is 3.21. The Morgan fingerprint density at radius 1 is 1.29 bits per heavy atom. The second-order valence-corrected chi connectivity index (χ2v) is 6.41. The number of halogens is 2. The summed E-state index contributed by atoms with van der Waals surface area (Å²) in [5.41, 5.74) is 6.69. The lowest BCUT2D eigenvalue weighted by Gasteiger charge is -2.24. The maximum Gasteiger partial charge on any atom is 0.263 e. The smallest absolute Gasteiger partial charge is 0.263 e. The third kappa shape index (κ3) is 4.97. The summed E-state index contributed by atoms with van der Waals surface area (Å²) >= 11 is 6.99. The molecule has 0 aliphatic carbocycles. The molecule has 0 aromatic heterocycles. The molecule has 2 N–H and O–H groups in total. The highest BCUT2D eigenvalue weighted by Crippen LogP contribution is 2.35. The molecule has 0 aliphatic heterocycles. The van der Waals surface area contributed by atoms with Crippen molar-refractivity contribution in [2.75, 3.05) is 19.6 Å². The van der Waals surface area contributed by atoms with Crippen LogP contribution in [0.25, 0.3) is 0 Å². The predicted octanol–water partition coefficient (Wildman–Crippen LogP) is 3.35. The van der Waals surface area contributed by atoms with Gasteiger partial charge in [0.05, 0.1) is 8.95 Å². The van der Waals surface area contributed by atoms with E-state index in [2.05, 4.69) is 31.9 Å². The number of amides is 1. The molecular weight excluding hydrogens is 400 g/mol. The number of carbonyl (C=O) groups excluding carboxylic acids is 1. The SMILES string of the molecule is CCN(CC)C(=O)C(C)Oc1c(Br)cc(CCN)cc1Br. The Labute approximate surface area is 143 Å². The molecule has 0 bridgehead atoms. The zero-order chi connectivity index (χ0) is 16.0. The van der Waals surface area contributed by atoms with Crippen molar-refractivity contribution in [3.63, 3.8) is 0 Å². The van der Waals surface area contributed by atoms with E-state index in [4.69, 9.17) is 10.5 Å². The van der Waals surface area contributed by atoms with E-state index in [9.17, 15) is 4.79 Å². The fourth-order valence-electron chi connectivity index (χ4n) is 2.06. The molecule has 21 heavy (non-hydrogen) atoms. The number of benzene rings is 1. The Bertz CT molecular complexity index is 468. The van der Waals surface area contributed by atoms with Gasteiger partial charge in [0, 0.05) is 13.1 Å². The zero-order valence-electron chi connectivity index (χ0n) is 12.7. The second-order valence-electron chi connectivity index (χ2n) is 4.70. The molecule has 1 amide bonds. The molecule has 1 unspecified atom stereocenters. The Morgan fingerprint density at radius 3 is 2.24 bits per heavy atom. The summed E-state index contributed by atoms with van der Waals surface area (Å²) < 4.78 is 7.48. The van der Waals surface area contributed by atoms with Gasteiger partial charge in [0.25, 0.3) is 5.91 Å². The van der Waals surface area contributed by atoms with Crippen LogP contribution in [0.2, 0.25) is 0 Å². The van der Waals surface area contributed by atoms with Gasteiger partial charge in [0.15, 0.2) is 6.10 Å². The summed E-state index contributed by atoms with van der Waals surface area (Å²) in [5.74, 6) is 0.633. The molecule has 0 radical (unpaired) electrons. The van der Waals surface area contributed by atoms with Crippen LogP contribution in [0, 0.1) is 0 Å². The number of rotatable bonds is 7. The quantitative estimate of drug-likeness (QED) is 0.734. The van der Waals surface area contributed by atoms with Crippen LogP contribution in [-0.4, -0.2) is 36.5 Å². The second kappa shape index (κ2) is 8.76. The minimum atomic E-state index is -0.530. The fraction of sp³-hybridized carbons (Fsp3) is 0.533. The van der Waals surface area contributed by atoms with E-state index in [0.717, 1.165) is 20.9 Å². The molecule has 0 saturated carbocycles. The number of carbonyl (C=O) groups is 1. The van der Waals surface area contributed by atoms with Crippen LogP contribution in [0.15, 0.2) is 21.1 Å². The zero-order valence-corrected chi connectivity index (χ0v) is 15.8. The first-order chi connectivity index (χ1) is 9.94. The highest BCUT2D eigenvalue weighted by molar-refractivity contribution is 9.11. The van der Waals surface area contributed by atoms with E-state index in [-0.39, 0.29) is 5.91 Å². The van der Waals surface area contributed by atoms with E-state index in [1.165, 1.54) is 0 Å². The highest BCUT2D eigenvalue weighted by Gasteiger charge is 2.22. The van der Waals surface area contributed by atoms with Gasteiger partial charge >= 0.3 is 0 Å². The Morgan fingerprint density at radius 2 is 1.81 bits per heavy atom. The molecule has 0 spiro atoms. The molecule has 4 nitrogen and oxygen atoms in total. The first kappa shape index (κ1) is 18.5. The lowest BCUT2D eigenvalue weighted by Crippen LogP contribution is -2.40. The monoisotopic (exact) mass is 420 g/mol. The van der Waals surface area contributed by atoms with E-state index in [0.29, 0.717) is 25.4 Å². The van der Waals surface area contributed by atoms with Crippen molar-refractivity contribution in [2.45, 2.75) is 33.3 Å². The van der Waals surface area contributed by atoms with Gasteiger partial charge in [-0.05, 0) is 83.3 Å². The van der Waals surface area contributed by atoms with Gasteiger partial charge in [-0.15, -0.1) is 0 Å². The molecule has 1 rings (SSSR count). The Kier molecular flexibility index (Phi) is 7.70. The number of hydrogen-bond acceptors (Lipinski definition) is 3. The number of nitrogens with zero attached hydrogens (tertiary/aromatic N) is 1. The molecule has 1 aromatic rings. The van der Waals surface area contributed by atoms with Gasteiger partial charge in [-0.25, -0.2) is 0 Å². The predicted molar refractivity (Wildman–Crippen MR) is 92.6 cm³/mol. The van der Waals surface area contributed by atoms with Crippen molar-refractivity contribution in [1.29, 1.82) is 0 Å². The van der Waals surface area contributed by atoms with Gasteiger partial charge in [0.1, 0.15) is 5.75 Å². The average molecular weight is 422 g/mol. The molecule has 0 fully saturated rings. The van der Waals surface area contributed by atoms with Crippen LogP contribution in [0.5, 0.6) is 5.75 Å². The first-order valence-electron chi connectivity index (χ1n) is 7.07. The van der Waals surface area contributed by atoms with E-state index >= 15 is 0 Å². The molecule has 0 saturated heterocycles. The first-order valence-corrected chi connectivity index (χ1v) is 8.66. The number of nitrogens with two attached hydrogens (primary N) is 1. The van der Waals surface area contributed by atoms with Crippen molar-refractivity contribution in [3.8, 4) is 5.75 Å². The standard InChI is InChI=1S/C15H22Br2N2O2/c1-4-19(5-2)15(20)10(3)21-14-12(16)8-11(6-7-18)9-13(14)17/h8-10H,4-7,18H2,1-3H3. The van der Waals surface area contributed by atoms with Gasteiger partial charge in [-0.1, -0.05) is 0 Å². The summed E-state index contributed by atoms with van der Waals surface area (Å²) in [4.78, 5) is 14.0. The topological polar surface area (TPSA) is 55.6 Å². The van der Waals surface area contributed by atoms with Gasteiger partial charge in [-0.3, -0.25) is 4.79 Å². The lowest BCUT2D eigenvalue weighted by molar-refractivity contribution is -0.137. The average Bonchev–Trinajstić information content (AvgIpc) is 2.44. The van der Waals surface area contributed by atoms with Gasteiger partial charge in [0.2, 0.25) is 0 Å². The summed E-state index contributed by atoms with van der Waals surface area (Å²) in [6.45, 7) is 7.65. The normalized spacial score (nSPS) is 12.1. The molecule has 118 valence electrons. The largest absolute Gasteiger partial charge is 0.479 e. The van der Waals surface area contributed by atoms with Crippen molar-refractivity contribution >= 4 is 37.8 Å². The van der Waals surface area contributed by atoms with Crippen molar-refractivity contribution in [2.24, 2.45) is 5.73 Å². The van der Waals surface area contributed by atoms with Crippen LogP contribution in [0.1, 0.15) is 26.3 Å². The molecular formula is C15H22Br2N2O2. The fourth-order valence-corrected chi connectivity index (χ4v) is 3.52. The molecule has 0 heterocycles. The van der Waals surface area contributed by atoms with E-state index < -0.39 is 6.10 Å². The number of ether oxygens (including phenoxy) is 1. The van der Waals surface area contributed by atoms with Crippen LogP contribution in [-0.2, 0) is 11.2 Å². The van der Waals surface area contributed by atoms with Crippen LogP contribution < -0.4 is 10.5 Å². The maximum absolute atomic E-state index is 12.3. The minimum Gasteiger partial charge on any atom is -0.479 e. The molecule has 1 aromatic carbocycles. The van der Waals surface area contributed by atoms with Crippen LogP contribution >= 0.6 is 31.9 Å². The summed E-state index contributed by atoms with van der Waals surface area (Å²) in [5, 5.41) is 0. The van der Waals surface area contributed by atoms with E-state index in [1.807, 2.05) is 26.0 Å². The highest BCUT2D eigenvalue weighted by atomic mass is 79.9. The van der Waals surface area contributed by atoms with E-state index in [1.54, 1.807) is 11.8 Å². The van der Waals surface area contributed by atoms with Crippen molar-refractivity contribution in [3.05, 3.63) is 26.6 Å². The van der Waals surface area contributed by atoms with Crippen molar-refractivity contribution < 1.29 is 9.53 Å². The van der Waals surface area contributed by atoms with Gasteiger partial charge < -0.3 is 15.4 Å². The molecule has 0 aliphatic rings. The van der Waals surface area contributed by atoms with Crippen molar-refractivity contribution in [1.82, 2.24) is 4.90 Å². The number of likely N-dealkylation sites (N-methyl/N-ethyl adjacent to an activating group) is 1. The molecule has 1 atom stereocenters. The Balaban J connectivity index is 2.90.